The van der Waals surface area contributed by atoms with E-state index in [4.69, 9.17) is 9.26 Å². The number of nitrogens with one attached hydrogen (secondary N) is 1. The number of aromatic nitrogens is 3. The molecule has 37 heavy (non-hydrogen) atoms. The highest BCUT2D eigenvalue weighted by Gasteiger charge is 2.27. The summed E-state index contributed by atoms with van der Waals surface area (Å²) in [4.78, 5) is 24.3. The van der Waals surface area contributed by atoms with Gasteiger partial charge in [-0.05, 0) is 56.5 Å². The third-order valence-electron chi connectivity index (χ3n) is 6.62. The number of rotatable bonds is 8. The maximum Gasteiger partial charge on any atom is 0.261 e. The first-order chi connectivity index (χ1) is 18.1. The van der Waals surface area contributed by atoms with Crippen LogP contribution in [0.15, 0.2) is 71.4 Å². The van der Waals surface area contributed by atoms with Crippen LogP contribution >= 0.6 is 0 Å². The fourth-order valence-electron chi connectivity index (χ4n) is 4.53. The quantitative estimate of drug-likeness (QED) is 0.365. The molecule has 1 saturated heterocycles. The molecule has 2 aromatic heterocycles. The summed E-state index contributed by atoms with van der Waals surface area (Å²) in [5.41, 5.74) is 3.93. The fourth-order valence-corrected chi connectivity index (χ4v) is 4.53. The molecule has 8 nitrogen and oxygen atoms in total. The summed E-state index contributed by atoms with van der Waals surface area (Å²) in [6, 6.07) is 19.7. The summed E-state index contributed by atoms with van der Waals surface area (Å²) < 4.78 is 11.1. The lowest BCUT2D eigenvalue weighted by Crippen LogP contribution is -2.40. The number of pyridine rings is 1. The molecule has 8 heteroatoms. The fraction of sp³-hybridized carbons (Fsp3) is 0.310. The number of hydrogen-bond donors (Lipinski definition) is 1. The molecular formula is C29H31N5O3. The molecule has 0 bridgehead atoms. The van der Waals surface area contributed by atoms with Gasteiger partial charge in [0.25, 0.3) is 5.89 Å². The minimum Gasteiger partial charge on any atom is -0.494 e. The molecule has 2 aromatic carbocycles. The van der Waals surface area contributed by atoms with Crippen LogP contribution < -0.4 is 15.0 Å². The van der Waals surface area contributed by atoms with Crippen molar-refractivity contribution in [1.82, 2.24) is 20.4 Å². The molecule has 1 N–H and O–H groups in total. The Labute approximate surface area is 216 Å². The van der Waals surface area contributed by atoms with E-state index >= 15 is 0 Å². The van der Waals surface area contributed by atoms with E-state index in [1.165, 1.54) is 5.56 Å². The second-order valence-electron chi connectivity index (χ2n) is 9.22. The van der Waals surface area contributed by atoms with Gasteiger partial charge in [0.2, 0.25) is 11.7 Å². The first-order valence-corrected chi connectivity index (χ1v) is 12.7. The van der Waals surface area contributed by atoms with Crippen molar-refractivity contribution >= 4 is 11.7 Å². The lowest BCUT2D eigenvalue weighted by molar-refractivity contribution is -0.125. The second-order valence-corrected chi connectivity index (χ2v) is 9.22. The van der Waals surface area contributed by atoms with Crippen LogP contribution in [0.2, 0.25) is 0 Å². The molecule has 1 amide bonds. The molecule has 4 aromatic rings. The van der Waals surface area contributed by atoms with E-state index in [2.05, 4.69) is 25.3 Å². The summed E-state index contributed by atoms with van der Waals surface area (Å²) in [6.45, 7) is 6.60. The van der Waals surface area contributed by atoms with Crippen molar-refractivity contribution in [3.8, 4) is 28.6 Å². The van der Waals surface area contributed by atoms with Crippen molar-refractivity contribution in [2.24, 2.45) is 5.92 Å². The average molecular weight is 498 g/mol. The predicted molar refractivity (Wildman–Crippen MR) is 142 cm³/mol. The first-order valence-electron chi connectivity index (χ1n) is 12.7. The van der Waals surface area contributed by atoms with Gasteiger partial charge >= 0.3 is 0 Å². The number of carbonyl (C=O) groups is 1. The summed E-state index contributed by atoms with van der Waals surface area (Å²) in [7, 11) is 0. The third kappa shape index (κ3) is 5.80. The van der Waals surface area contributed by atoms with Crippen LogP contribution in [0.5, 0.6) is 5.75 Å². The van der Waals surface area contributed by atoms with E-state index in [0.717, 1.165) is 54.2 Å². The maximum atomic E-state index is 12.8. The monoisotopic (exact) mass is 497 g/mol. The summed E-state index contributed by atoms with van der Waals surface area (Å²) in [6.07, 6.45) is 3.28. The van der Waals surface area contributed by atoms with Gasteiger partial charge in [0.15, 0.2) is 0 Å². The van der Waals surface area contributed by atoms with Crippen LogP contribution in [-0.4, -0.2) is 40.7 Å². The van der Waals surface area contributed by atoms with Crippen LogP contribution in [0.4, 0.5) is 5.82 Å². The maximum absolute atomic E-state index is 12.8. The number of ether oxygens (including phenoxy) is 1. The highest BCUT2D eigenvalue weighted by atomic mass is 16.5. The zero-order valence-electron chi connectivity index (χ0n) is 21.2. The Morgan fingerprint density at radius 2 is 1.84 bits per heavy atom. The van der Waals surface area contributed by atoms with Gasteiger partial charge in [-0.1, -0.05) is 47.1 Å². The van der Waals surface area contributed by atoms with Gasteiger partial charge in [0, 0.05) is 37.3 Å². The Bertz CT molecular complexity index is 1330. The number of benzene rings is 2. The molecular weight excluding hydrogens is 466 g/mol. The average Bonchev–Trinajstić information content (AvgIpc) is 3.43. The molecule has 0 spiro atoms. The Balaban J connectivity index is 1.20. The van der Waals surface area contributed by atoms with Gasteiger partial charge in [-0.2, -0.15) is 4.98 Å². The molecule has 1 aliphatic rings. The standard InChI is InChI=1S/C29H31N5O3/c1-3-36-24-12-8-21(9-13-24)19-31-28(35)23-14-17-34(18-15-23)27-25(5-4-16-30-27)29-32-26(33-37-29)22-10-6-20(2)7-11-22/h4-13,16,23H,3,14-15,17-19H2,1-2H3,(H,31,35). The van der Waals surface area contributed by atoms with Crippen molar-refractivity contribution < 1.29 is 14.1 Å². The SMILES string of the molecule is CCOc1ccc(CNC(=O)C2CCN(c3ncccc3-c3nc(-c4ccc(C)cc4)no3)CC2)cc1. The Kier molecular flexibility index (Phi) is 7.44. The largest absolute Gasteiger partial charge is 0.494 e. The molecule has 0 saturated carbocycles. The molecule has 1 aliphatic heterocycles. The van der Waals surface area contributed by atoms with Crippen molar-refractivity contribution in [3.05, 3.63) is 78.0 Å². The minimum atomic E-state index is -0.0253. The Morgan fingerprint density at radius 3 is 2.57 bits per heavy atom. The molecule has 1 fully saturated rings. The minimum absolute atomic E-state index is 0.0253. The lowest BCUT2D eigenvalue weighted by Gasteiger charge is -2.32. The lowest BCUT2D eigenvalue weighted by atomic mass is 9.95. The Morgan fingerprint density at radius 1 is 1.08 bits per heavy atom. The van der Waals surface area contributed by atoms with Crippen LogP contribution in [0, 0.1) is 12.8 Å². The van der Waals surface area contributed by atoms with E-state index in [9.17, 15) is 4.79 Å². The molecule has 0 radical (unpaired) electrons. The van der Waals surface area contributed by atoms with E-state index in [1.54, 1.807) is 6.20 Å². The van der Waals surface area contributed by atoms with E-state index in [1.807, 2.05) is 74.5 Å². The zero-order valence-corrected chi connectivity index (χ0v) is 21.2. The zero-order chi connectivity index (χ0) is 25.6. The van der Waals surface area contributed by atoms with Crippen LogP contribution in [0.25, 0.3) is 22.8 Å². The number of carbonyl (C=O) groups excluding carboxylic acids is 1. The van der Waals surface area contributed by atoms with Crippen LogP contribution in [-0.2, 0) is 11.3 Å². The summed E-state index contributed by atoms with van der Waals surface area (Å²) in [5, 5.41) is 7.27. The van der Waals surface area contributed by atoms with Gasteiger partial charge in [-0.15, -0.1) is 0 Å². The third-order valence-corrected chi connectivity index (χ3v) is 6.62. The van der Waals surface area contributed by atoms with Crippen molar-refractivity contribution in [2.75, 3.05) is 24.6 Å². The number of aryl methyl sites for hydroxylation is 1. The van der Waals surface area contributed by atoms with E-state index in [0.29, 0.717) is 24.9 Å². The van der Waals surface area contributed by atoms with Gasteiger partial charge in [-0.25, -0.2) is 4.98 Å². The summed E-state index contributed by atoms with van der Waals surface area (Å²) >= 11 is 0. The molecule has 0 aliphatic carbocycles. The Hall–Kier alpha value is -4.20. The van der Waals surface area contributed by atoms with E-state index < -0.39 is 0 Å². The molecule has 0 atom stereocenters. The van der Waals surface area contributed by atoms with Gasteiger partial charge < -0.3 is 19.5 Å². The summed E-state index contributed by atoms with van der Waals surface area (Å²) in [5.74, 6) is 2.69. The molecule has 0 unspecified atom stereocenters. The van der Waals surface area contributed by atoms with Crippen molar-refractivity contribution in [2.45, 2.75) is 33.2 Å². The van der Waals surface area contributed by atoms with Crippen molar-refractivity contribution in [3.63, 3.8) is 0 Å². The topological polar surface area (TPSA) is 93.4 Å². The van der Waals surface area contributed by atoms with Gasteiger partial charge in [-0.3, -0.25) is 4.79 Å². The molecule has 5 rings (SSSR count). The van der Waals surface area contributed by atoms with Gasteiger partial charge in [0.05, 0.1) is 12.2 Å². The van der Waals surface area contributed by atoms with Crippen molar-refractivity contribution in [1.29, 1.82) is 0 Å². The number of nitrogens with zero attached hydrogens (tertiary/aromatic N) is 4. The van der Waals surface area contributed by atoms with Crippen LogP contribution in [0.1, 0.15) is 30.9 Å². The number of amides is 1. The second kappa shape index (κ2) is 11.2. The number of anilines is 1. The normalized spacial score (nSPS) is 13.9. The number of hydrogen-bond acceptors (Lipinski definition) is 7. The highest BCUT2D eigenvalue weighted by molar-refractivity contribution is 5.79. The van der Waals surface area contributed by atoms with Gasteiger partial charge in [0.1, 0.15) is 11.6 Å². The predicted octanol–water partition coefficient (Wildman–Crippen LogP) is 5.04. The van der Waals surface area contributed by atoms with Crippen LogP contribution in [0.3, 0.4) is 0 Å². The first kappa shape index (κ1) is 24.5. The smallest absolute Gasteiger partial charge is 0.261 e. The van der Waals surface area contributed by atoms with E-state index in [-0.39, 0.29) is 11.8 Å². The highest BCUT2D eigenvalue weighted by Crippen LogP contribution is 2.32. The molecule has 190 valence electrons. The molecule has 3 heterocycles. The number of piperidine rings is 1.